The number of carbonyl (C=O) groups is 1. The first-order chi connectivity index (χ1) is 10.0. The molecule has 0 aliphatic carbocycles. The summed E-state index contributed by atoms with van der Waals surface area (Å²) in [6, 6.07) is 0.234. The van der Waals surface area contributed by atoms with Crippen molar-refractivity contribution in [2.75, 3.05) is 23.3 Å². The lowest BCUT2D eigenvalue weighted by atomic mass is 9.93. The highest BCUT2D eigenvalue weighted by Crippen LogP contribution is 2.26. The zero-order valence-corrected chi connectivity index (χ0v) is 13.1. The summed E-state index contributed by atoms with van der Waals surface area (Å²) in [7, 11) is 0. The van der Waals surface area contributed by atoms with Gasteiger partial charge in [-0.3, -0.25) is 4.79 Å². The summed E-state index contributed by atoms with van der Waals surface area (Å²) >= 11 is 5.97. The predicted octanol–water partition coefficient (Wildman–Crippen LogP) is 1.44. The monoisotopic (exact) mass is 312 g/mol. The molecule has 0 aromatic carbocycles. The molecule has 1 saturated heterocycles. The van der Waals surface area contributed by atoms with Gasteiger partial charge in [-0.15, -0.1) is 0 Å². The van der Waals surface area contributed by atoms with Gasteiger partial charge >= 0.3 is 0 Å². The van der Waals surface area contributed by atoms with Gasteiger partial charge in [0, 0.05) is 19.1 Å². The summed E-state index contributed by atoms with van der Waals surface area (Å²) in [5.74, 6) is 0.493. The molecule has 3 N–H and O–H groups in total. The van der Waals surface area contributed by atoms with Crippen molar-refractivity contribution in [2.24, 2.45) is 11.7 Å². The molecule has 2 atom stereocenters. The summed E-state index contributed by atoms with van der Waals surface area (Å²) in [6.07, 6.45) is 2.63. The molecule has 21 heavy (non-hydrogen) atoms. The van der Waals surface area contributed by atoms with Crippen LogP contribution in [-0.4, -0.2) is 40.0 Å². The number of aromatic nitrogens is 3. The quantitative estimate of drug-likeness (QED) is 0.854. The number of rotatable bonds is 5. The van der Waals surface area contributed by atoms with Crippen LogP contribution in [0.5, 0.6) is 0 Å². The number of nitrogens with zero attached hydrogens (tertiary/aromatic N) is 4. The average Bonchev–Trinajstić information content (AvgIpc) is 2.44. The molecule has 2 unspecified atom stereocenters. The average molecular weight is 313 g/mol. The maximum absolute atomic E-state index is 11.4. The van der Waals surface area contributed by atoms with Gasteiger partial charge in [-0.2, -0.15) is 15.0 Å². The van der Waals surface area contributed by atoms with E-state index in [1.807, 2.05) is 4.90 Å². The molecule has 1 amide bonds. The Morgan fingerprint density at radius 1 is 1.43 bits per heavy atom. The van der Waals surface area contributed by atoms with Gasteiger partial charge in [-0.05, 0) is 37.8 Å². The second kappa shape index (κ2) is 6.89. The first-order valence-corrected chi connectivity index (χ1v) is 7.60. The lowest BCUT2D eigenvalue weighted by Gasteiger charge is -2.36. The highest BCUT2D eigenvalue weighted by molar-refractivity contribution is 6.28. The smallest absolute Gasteiger partial charge is 0.231 e. The van der Waals surface area contributed by atoms with E-state index in [4.69, 9.17) is 17.3 Å². The fourth-order valence-electron chi connectivity index (χ4n) is 2.40. The minimum atomic E-state index is -0.281. The number of carbonyl (C=O) groups excluding carboxylic acids is 1. The van der Waals surface area contributed by atoms with E-state index in [1.165, 1.54) is 0 Å². The number of halogens is 1. The van der Waals surface area contributed by atoms with Crippen molar-refractivity contribution < 1.29 is 4.79 Å². The molecule has 1 fully saturated rings. The third kappa shape index (κ3) is 3.93. The second-order valence-corrected chi connectivity index (χ2v) is 5.67. The maximum Gasteiger partial charge on any atom is 0.231 e. The molecule has 0 radical (unpaired) electrons. The third-order valence-electron chi connectivity index (χ3n) is 3.67. The Kier molecular flexibility index (Phi) is 5.17. The Hall–Kier alpha value is -1.63. The van der Waals surface area contributed by atoms with Crippen molar-refractivity contribution in [1.29, 1.82) is 0 Å². The van der Waals surface area contributed by atoms with Gasteiger partial charge in [-0.25, -0.2) is 0 Å². The normalized spacial score (nSPS) is 22.1. The summed E-state index contributed by atoms with van der Waals surface area (Å²) in [5.41, 5.74) is 5.42. The van der Waals surface area contributed by atoms with Crippen LogP contribution < -0.4 is 16.0 Å². The van der Waals surface area contributed by atoms with Crippen molar-refractivity contribution in [3.8, 4) is 0 Å². The van der Waals surface area contributed by atoms with Crippen LogP contribution in [0.4, 0.5) is 11.9 Å². The number of primary amides is 1. The number of nitrogens with one attached hydrogen (secondary N) is 1. The van der Waals surface area contributed by atoms with Gasteiger partial charge < -0.3 is 16.0 Å². The van der Waals surface area contributed by atoms with E-state index in [0.717, 1.165) is 25.8 Å². The lowest BCUT2D eigenvalue weighted by Crippen LogP contribution is -2.46. The molecule has 0 spiro atoms. The van der Waals surface area contributed by atoms with Gasteiger partial charge in [0.2, 0.25) is 23.1 Å². The van der Waals surface area contributed by atoms with Crippen LogP contribution >= 0.6 is 11.6 Å². The van der Waals surface area contributed by atoms with Crippen molar-refractivity contribution in [1.82, 2.24) is 15.0 Å². The fraction of sp³-hybridized carbons (Fsp3) is 0.692. The lowest BCUT2D eigenvalue weighted by molar-refractivity contribution is -0.122. The molecule has 7 nitrogen and oxygen atoms in total. The van der Waals surface area contributed by atoms with E-state index in [0.29, 0.717) is 18.4 Å². The van der Waals surface area contributed by atoms with Crippen LogP contribution in [0, 0.1) is 5.92 Å². The van der Waals surface area contributed by atoms with E-state index in [1.54, 1.807) is 0 Å². The standard InChI is InChI=1S/C13H21ClN6O/c1-3-6-16-12-17-11(14)18-13(19-12)20-7-9(10(15)21)5-4-8(20)2/h8-9H,3-7H2,1-2H3,(H2,15,21)(H,16,17,18,19). The number of nitrogens with two attached hydrogens (primary N) is 1. The van der Waals surface area contributed by atoms with E-state index in [2.05, 4.69) is 34.1 Å². The minimum Gasteiger partial charge on any atom is -0.369 e. The van der Waals surface area contributed by atoms with Crippen molar-refractivity contribution >= 4 is 29.4 Å². The molecule has 116 valence electrons. The molecule has 1 aromatic heterocycles. The minimum absolute atomic E-state index is 0.145. The van der Waals surface area contributed by atoms with Crippen LogP contribution in [0.2, 0.25) is 5.28 Å². The van der Waals surface area contributed by atoms with Crippen LogP contribution in [0.15, 0.2) is 0 Å². The molecule has 1 aliphatic rings. The van der Waals surface area contributed by atoms with Crippen molar-refractivity contribution in [3.63, 3.8) is 0 Å². The topological polar surface area (TPSA) is 97.0 Å². The molecule has 0 saturated carbocycles. The number of piperidine rings is 1. The van der Waals surface area contributed by atoms with Crippen LogP contribution in [-0.2, 0) is 4.79 Å². The Labute approximate surface area is 129 Å². The van der Waals surface area contributed by atoms with E-state index < -0.39 is 0 Å². The van der Waals surface area contributed by atoms with Gasteiger partial charge in [0.05, 0.1) is 5.92 Å². The zero-order chi connectivity index (χ0) is 15.4. The molecule has 8 heteroatoms. The molecule has 1 aromatic rings. The molecule has 2 rings (SSSR count). The van der Waals surface area contributed by atoms with Gasteiger partial charge in [0.15, 0.2) is 0 Å². The molecule has 1 aliphatic heterocycles. The van der Waals surface area contributed by atoms with Crippen molar-refractivity contribution in [3.05, 3.63) is 5.28 Å². The summed E-state index contributed by atoms with van der Waals surface area (Å²) in [5, 5.41) is 3.24. The number of hydrogen-bond acceptors (Lipinski definition) is 6. The van der Waals surface area contributed by atoms with Crippen LogP contribution in [0.3, 0.4) is 0 Å². The number of amides is 1. The Morgan fingerprint density at radius 3 is 2.86 bits per heavy atom. The largest absolute Gasteiger partial charge is 0.369 e. The number of hydrogen-bond donors (Lipinski definition) is 2. The predicted molar refractivity (Wildman–Crippen MR) is 82.3 cm³/mol. The summed E-state index contributed by atoms with van der Waals surface area (Å²) in [4.78, 5) is 26.0. The Bertz CT molecular complexity index is 511. The summed E-state index contributed by atoms with van der Waals surface area (Å²) in [6.45, 7) is 5.41. The number of anilines is 2. The summed E-state index contributed by atoms with van der Waals surface area (Å²) < 4.78 is 0. The molecule has 2 heterocycles. The Balaban J connectivity index is 2.22. The van der Waals surface area contributed by atoms with Crippen molar-refractivity contribution in [2.45, 2.75) is 39.2 Å². The van der Waals surface area contributed by atoms with E-state index in [-0.39, 0.29) is 23.2 Å². The first-order valence-electron chi connectivity index (χ1n) is 7.22. The van der Waals surface area contributed by atoms with E-state index >= 15 is 0 Å². The molecular formula is C13H21ClN6O. The second-order valence-electron chi connectivity index (χ2n) is 5.33. The van der Waals surface area contributed by atoms with Gasteiger partial charge in [-0.1, -0.05) is 6.92 Å². The molecule has 0 bridgehead atoms. The van der Waals surface area contributed by atoms with Gasteiger partial charge in [0.1, 0.15) is 0 Å². The SMILES string of the molecule is CCCNc1nc(Cl)nc(N2CC(C(N)=O)CCC2C)n1. The highest BCUT2D eigenvalue weighted by atomic mass is 35.5. The van der Waals surface area contributed by atoms with E-state index in [9.17, 15) is 4.79 Å². The zero-order valence-electron chi connectivity index (χ0n) is 12.3. The van der Waals surface area contributed by atoms with Gasteiger partial charge in [0.25, 0.3) is 0 Å². The third-order valence-corrected chi connectivity index (χ3v) is 3.84. The first kappa shape index (κ1) is 15.8. The molecular weight excluding hydrogens is 292 g/mol. The highest BCUT2D eigenvalue weighted by Gasteiger charge is 2.30. The maximum atomic E-state index is 11.4. The van der Waals surface area contributed by atoms with Crippen LogP contribution in [0.25, 0.3) is 0 Å². The fourth-order valence-corrected chi connectivity index (χ4v) is 2.56. The van der Waals surface area contributed by atoms with Crippen LogP contribution in [0.1, 0.15) is 33.1 Å². The Morgan fingerprint density at radius 2 is 2.19 bits per heavy atom.